The lowest BCUT2D eigenvalue weighted by atomic mass is 10.1. The summed E-state index contributed by atoms with van der Waals surface area (Å²) >= 11 is 5.78. The fourth-order valence-corrected chi connectivity index (χ4v) is 2.50. The standard InChI is InChI=1S/C20H11ClN2O5/c21-15-5-8-18(17(11-15)23(25)26)28-16-6-3-13(4-7-16)10-14(12-22)20(24)19-2-1-9-27-19/h1-11H/b14-10+. The van der Waals surface area contributed by atoms with E-state index in [-0.39, 0.29) is 27.8 Å². The Morgan fingerprint density at radius 1 is 1.21 bits per heavy atom. The zero-order chi connectivity index (χ0) is 20.1. The number of hydrogen-bond donors (Lipinski definition) is 0. The fourth-order valence-electron chi connectivity index (χ4n) is 2.33. The third-order valence-corrected chi connectivity index (χ3v) is 3.88. The molecular formula is C20H11ClN2O5. The van der Waals surface area contributed by atoms with Crippen LogP contribution in [-0.2, 0) is 0 Å². The summed E-state index contributed by atoms with van der Waals surface area (Å²) in [4.78, 5) is 22.7. The van der Waals surface area contributed by atoms with Gasteiger partial charge in [-0.05, 0) is 48.0 Å². The maximum Gasteiger partial charge on any atom is 0.313 e. The van der Waals surface area contributed by atoms with Crippen molar-refractivity contribution in [3.05, 3.63) is 92.9 Å². The van der Waals surface area contributed by atoms with Crippen LogP contribution in [0.3, 0.4) is 0 Å². The Morgan fingerprint density at radius 2 is 1.96 bits per heavy atom. The first kappa shape index (κ1) is 18.9. The van der Waals surface area contributed by atoms with Crippen molar-refractivity contribution in [3.8, 4) is 17.6 Å². The molecule has 0 saturated carbocycles. The van der Waals surface area contributed by atoms with Crippen molar-refractivity contribution in [1.82, 2.24) is 0 Å². The van der Waals surface area contributed by atoms with Gasteiger partial charge in [-0.1, -0.05) is 23.7 Å². The van der Waals surface area contributed by atoms with Crippen LogP contribution in [0.15, 0.2) is 70.9 Å². The van der Waals surface area contributed by atoms with Gasteiger partial charge in [0.15, 0.2) is 5.76 Å². The minimum Gasteiger partial charge on any atom is -0.461 e. The van der Waals surface area contributed by atoms with E-state index in [9.17, 15) is 20.2 Å². The van der Waals surface area contributed by atoms with E-state index in [0.29, 0.717) is 11.3 Å². The third kappa shape index (κ3) is 4.26. The molecule has 0 amide bonds. The molecule has 2 aromatic carbocycles. The van der Waals surface area contributed by atoms with E-state index in [1.165, 1.54) is 36.6 Å². The molecule has 0 spiro atoms. The van der Waals surface area contributed by atoms with E-state index < -0.39 is 10.7 Å². The van der Waals surface area contributed by atoms with Gasteiger partial charge in [0.1, 0.15) is 17.4 Å². The van der Waals surface area contributed by atoms with Crippen molar-refractivity contribution in [2.24, 2.45) is 0 Å². The Labute approximate surface area is 164 Å². The molecule has 0 atom stereocenters. The Kier molecular flexibility index (Phi) is 5.53. The van der Waals surface area contributed by atoms with E-state index >= 15 is 0 Å². The zero-order valence-electron chi connectivity index (χ0n) is 14.2. The minimum absolute atomic E-state index is 0.0448. The predicted molar refractivity (Wildman–Crippen MR) is 101 cm³/mol. The van der Waals surface area contributed by atoms with Crippen LogP contribution < -0.4 is 4.74 Å². The van der Waals surface area contributed by atoms with Gasteiger partial charge in [-0.15, -0.1) is 0 Å². The van der Waals surface area contributed by atoms with Crippen LogP contribution in [0.2, 0.25) is 5.02 Å². The molecular weight excluding hydrogens is 384 g/mol. The average molecular weight is 395 g/mol. The number of furan rings is 1. The van der Waals surface area contributed by atoms with Gasteiger partial charge in [0.05, 0.1) is 11.2 Å². The molecule has 0 radical (unpaired) electrons. The van der Waals surface area contributed by atoms with Gasteiger partial charge in [-0.3, -0.25) is 14.9 Å². The largest absolute Gasteiger partial charge is 0.461 e. The number of Topliss-reactive ketones (excluding diaryl/α,β-unsaturated/α-hetero) is 1. The summed E-state index contributed by atoms with van der Waals surface area (Å²) in [6, 6.07) is 15.3. The molecule has 1 aromatic heterocycles. The van der Waals surface area contributed by atoms with Crippen LogP contribution in [0, 0.1) is 21.4 Å². The number of hydrogen-bond acceptors (Lipinski definition) is 6. The number of rotatable bonds is 6. The first-order valence-corrected chi connectivity index (χ1v) is 8.27. The van der Waals surface area contributed by atoms with Gasteiger partial charge in [0, 0.05) is 11.1 Å². The second-order valence-corrected chi connectivity index (χ2v) is 5.95. The number of benzene rings is 2. The molecule has 0 N–H and O–H groups in total. The van der Waals surface area contributed by atoms with Gasteiger partial charge in [-0.2, -0.15) is 5.26 Å². The summed E-state index contributed by atoms with van der Waals surface area (Å²) < 4.78 is 10.6. The molecule has 8 heteroatoms. The smallest absolute Gasteiger partial charge is 0.313 e. The Bertz CT molecular complexity index is 1100. The van der Waals surface area contributed by atoms with Crippen LogP contribution >= 0.6 is 11.6 Å². The highest BCUT2D eigenvalue weighted by Gasteiger charge is 2.17. The number of nitro groups is 1. The Hall–Kier alpha value is -3.89. The minimum atomic E-state index is -0.586. The molecule has 0 aliphatic heterocycles. The topological polar surface area (TPSA) is 106 Å². The highest BCUT2D eigenvalue weighted by Crippen LogP contribution is 2.33. The van der Waals surface area contributed by atoms with E-state index in [0.717, 1.165) is 0 Å². The summed E-state index contributed by atoms with van der Waals surface area (Å²) in [7, 11) is 0. The molecule has 7 nitrogen and oxygen atoms in total. The predicted octanol–water partition coefficient (Wildman–Crippen LogP) is 5.42. The zero-order valence-corrected chi connectivity index (χ0v) is 14.9. The molecule has 28 heavy (non-hydrogen) atoms. The van der Waals surface area contributed by atoms with Crippen LogP contribution in [0.4, 0.5) is 5.69 Å². The van der Waals surface area contributed by atoms with Crippen molar-refractivity contribution >= 4 is 29.1 Å². The first-order valence-electron chi connectivity index (χ1n) is 7.90. The van der Waals surface area contributed by atoms with Crippen LogP contribution in [-0.4, -0.2) is 10.7 Å². The van der Waals surface area contributed by atoms with Crippen molar-refractivity contribution in [3.63, 3.8) is 0 Å². The van der Waals surface area contributed by atoms with E-state index in [4.69, 9.17) is 20.8 Å². The SMILES string of the molecule is N#C/C(=C\c1ccc(Oc2ccc(Cl)cc2[N+](=O)[O-])cc1)C(=O)c1ccco1. The molecule has 0 bridgehead atoms. The molecule has 0 aliphatic rings. The van der Waals surface area contributed by atoms with E-state index in [2.05, 4.69) is 0 Å². The number of halogens is 1. The van der Waals surface area contributed by atoms with Gasteiger partial charge < -0.3 is 9.15 Å². The molecule has 0 saturated heterocycles. The third-order valence-electron chi connectivity index (χ3n) is 3.65. The highest BCUT2D eigenvalue weighted by atomic mass is 35.5. The number of carbonyl (C=O) groups is 1. The highest BCUT2D eigenvalue weighted by molar-refractivity contribution is 6.30. The average Bonchev–Trinajstić information content (AvgIpc) is 3.23. The molecule has 3 aromatic rings. The van der Waals surface area contributed by atoms with Crippen LogP contribution in [0.5, 0.6) is 11.5 Å². The molecule has 3 rings (SSSR count). The van der Waals surface area contributed by atoms with Gasteiger partial charge >= 0.3 is 5.69 Å². The second kappa shape index (κ2) is 8.20. The fraction of sp³-hybridized carbons (Fsp3) is 0. The van der Waals surface area contributed by atoms with Crippen LogP contribution in [0.25, 0.3) is 6.08 Å². The summed E-state index contributed by atoms with van der Waals surface area (Å²) in [5.74, 6) is -0.0609. The summed E-state index contributed by atoms with van der Waals surface area (Å²) in [5.41, 5.74) is 0.235. The normalized spacial score (nSPS) is 10.9. The lowest BCUT2D eigenvalue weighted by Gasteiger charge is -2.07. The molecule has 138 valence electrons. The Morgan fingerprint density at radius 3 is 2.57 bits per heavy atom. The van der Waals surface area contributed by atoms with Crippen molar-refractivity contribution in [2.45, 2.75) is 0 Å². The quantitative estimate of drug-likeness (QED) is 0.181. The lowest BCUT2D eigenvalue weighted by molar-refractivity contribution is -0.385. The van der Waals surface area contributed by atoms with E-state index in [1.807, 2.05) is 6.07 Å². The number of ether oxygens (including phenoxy) is 1. The maximum atomic E-state index is 12.2. The van der Waals surface area contributed by atoms with Crippen molar-refractivity contribution < 1.29 is 18.9 Å². The maximum absolute atomic E-state index is 12.2. The molecule has 0 unspecified atom stereocenters. The molecule has 0 aliphatic carbocycles. The summed E-state index contributed by atoms with van der Waals surface area (Å²) in [5, 5.41) is 20.6. The van der Waals surface area contributed by atoms with Crippen molar-refractivity contribution in [2.75, 3.05) is 0 Å². The van der Waals surface area contributed by atoms with Gasteiger partial charge in [-0.25, -0.2) is 0 Å². The van der Waals surface area contributed by atoms with Gasteiger partial charge in [0.2, 0.25) is 11.5 Å². The van der Waals surface area contributed by atoms with Gasteiger partial charge in [0.25, 0.3) is 0 Å². The molecule has 1 heterocycles. The molecule has 0 fully saturated rings. The number of nitro benzene ring substituents is 1. The number of ketones is 1. The first-order chi connectivity index (χ1) is 13.5. The van der Waals surface area contributed by atoms with Crippen molar-refractivity contribution in [1.29, 1.82) is 5.26 Å². The van der Waals surface area contributed by atoms with E-state index in [1.54, 1.807) is 30.3 Å². The number of allylic oxidation sites excluding steroid dienone is 1. The summed E-state index contributed by atoms with van der Waals surface area (Å²) in [6.45, 7) is 0. The van der Waals surface area contributed by atoms with Crippen LogP contribution in [0.1, 0.15) is 16.1 Å². The lowest BCUT2D eigenvalue weighted by Crippen LogP contribution is -2.00. The second-order valence-electron chi connectivity index (χ2n) is 5.52. The monoisotopic (exact) mass is 394 g/mol. The summed E-state index contributed by atoms with van der Waals surface area (Å²) in [6.07, 6.45) is 2.77. The number of carbonyl (C=O) groups excluding carboxylic acids is 1. The Balaban J connectivity index is 1.81. The number of nitrogens with zero attached hydrogens (tertiary/aromatic N) is 2. The number of nitriles is 1.